The smallest absolute Gasteiger partial charge is 0.319 e. The minimum absolute atomic E-state index is 0.121. The molecule has 0 spiro atoms. The van der Waals surface area contributed by atoms with Crippen molar-refractivity contribution in [1.29, 1.82) is 0 Å². The zero-order chi connectivity index (χ0) is 18.4. The van der Waals surface area contributed by atoms with E-state index in [-0.39, 0.29) is 11.8 Å². The molecule has 7 nitrogen and oxygen atoms in total. The Morgan fingerprint density at radius 1 is 1.00 bits per heavy atom. The molecule has 1 fully saturated rings. The predicted octanol–water partition coefficient (Wildman–Crippen LogP) is 3.56. The zero-order valence-electron chi connectivity index (χ0n) is 14.1. The number of nitrogens with zero attached hydrogens (tertiary/aromatic N) is 2. The van der Waals surface area contributed by atoms with Gasteiger partial charge in [-0.3, -0.25) is 4.79 Å². The summed E-state index contributed by atoms with van der Waals surface area (Å²) in [6.45, 7) is 0. The van der Waals surface area contributed by atoms with E-state index in [2.05, 4.69) is 41.8 Å². The first kappa shape index (κ1) is 18.3. The van der Waals surface area contributed by atoms with E-state index in [1.807, 2.05) is 12.1 Å². The number of carbonyl (C=O) groups excluding carboxylic acids is 2. The van der Waals surface area contributed by atoms with Crippen LogP contribution in [0.25, 0.3) is 0 Å². The van der Waals surface area contributed by atoms with Gasteiger partial charge in [0.15, 0.2) is 0 Å². The van der Waals surface area contributed by atoms with Gasteiger partial charge in [0.2, 0.25) is 5.91 Å². The monoisotopic (exact) mass is 417 g/mol. The number of nitrogens with one attached hydrogen (secondary N) is 3. The van der Waals surface area contributed by atoms with E-state index in [9.17, 15) is 9.59 Å². The van der Waals surface area contributed by atoms with Crippen LogP contribution >= 0.6 is 15.9 Å². The normalized spacial score (nSPS) is 15.3. The fourth-order valence-electron chi connectivity index (χ4n) is 3.11. The summed E-state index contributed by atoms with van der Waals surface area (Å²) in [6.07, 6.45) is 8.42. The first-order valence-electron chi connectivity index (χ1n) is 8.51. The van der Waals surface area contributed by atoms with Crippen molar-refractivity contribution in [2.75, 3.05) is 10.6 Å². The van der Waals surface area contributed by atoms with Crippen molar-refractivity contribution in [3.63, 3.8) is 0 Å². The van der Waals surface area contributed by atoms with Gasteiger partial charge >= 0.3 is 6.03 Å². The van der Waals surface area contributed by atoms with E-state index in [0.717, 1.165) is 30.2 Å². The minimum atomic E-state index is -0.604. The molecule has 0 bridgehead atoms. The Morgan fingerprint density at radius 2 is 1.65 bits per heavy atom. The molecule has 2 aromatic rings. The van der Waals surface area contributed by atoms with Crippen LogP contribution in [0.15, 0.2) is 47.5 Å². The summed E-state index contributed by atoms with van der Waals surface area (Å²) in [5.41, 5.74) is 1.17. The number of carbonyl (C=O) groups is 2. The SMILES string of the molecule is O=C(Nc1ccc(Br)cc1)NC(C(=O)Nc1cncnc1)C1CCCC1. The third-order valence-corrected chi connectivity index (χ3v) is 4.90. The minimum Gasteiger partial charge on any atom is -0.326 e. The molecule has 1 heterocycles. The van der Waals surface area contributed by atoms with Crippen LogP contribution in [0.5, 0.6) is 0 Å². The molecule has 136 valence electrons. The van der Waals surface area contributed by atoms with Gasteiger partial charge in [-0.1, -0.05) is 28.8 Å². The van der Waals surface area contributed by atoms with E-state index in [0.29, 0.717) is 11.4 Å². The third-order valence-electron chi connectivity index (χ3n) is 4.37. The average molecular weight is 418 g/mol. The number of anilines is 2. The van der Waals surface area contributed by atoms with Crippen molar-refractivity contribution in [3.8, 4) is 0 Å². The maximum absolute atomic E-state index is 12.7. The molecular formula is C18H20BrN5O2. The van der Waals surface area contributed by atoms with E-state index in [4.69, 9.17) is 0 Å². The fourth-order valence-corrected chi connectivity index (χ4v) is 3.38. The summed E-state index contributed by atoms with van der Waals surface area (Å²) in [7, 11) is 0. The fraction of sp³-hybridized carbons (Fsp3) is 0.333. The standard InChI is InChI=1S/C18H20BrN5O2/c19-13-5-7-14(8-6-13)23-18(26)24-16(12-3-1-2-4-12)17(25)22-15-9-20-11-21-10-15/h5-12,16H,1-4H2,(H,22,25)(H2,23,24,26). The van der Waals surface area contributed by atoms with E-state index in [1.165, 1.54) is 18.7 Å². The first-order valence-corrected chi connectivity index (χ1v) is 9.30. The molecule has 1 saturated carbocycles. The Hall–Kier alpha value is -2.48. The van der Waals surface area contributed by atoms with Crippen molar-refractivity contribution in [2.24, 2.45) is 5.92 Å². The summed E-state index contributed by atoms with van der Waals surface area (Å²) in [6, 6.07) is 6.25. The predicted molar refractivity (Wildman–Crippen MR) is 103 cm³/mol. The van der Waals surface area contributed by atoms with Crippen LogP contribution < -0.4 is 16.0 Å². The first-order chi connectivity index (χ1) is 12.6. The van der Waals surface area contributed by atoms with E-state index < -0.39 is 12.1 Å². The molecule has 3 amide bonds. The van der Waals surface area contributed by atoms with Crippen LogP contribution in [-0.2, 0) is 4.79 Å². The molecule has 3 rings (SSSR count). The van der Waals surface area contributed by atoms with Crippen molar-refractivity contribution >= 4 is 39.2 Å². The van der Waals surface area contributed by atoms with Gasteiger partial charge in [-0.2, -0.15) is 0 Å². The second kappa shape index (κ2) is 8.75. The number of amides is 3. The quantitative estimate of drug-likeness (QED) is 0.692. The highest BCUT2D eigenvalue weighted by atomic mass is 79.9. The number of urea groups is 1. The Morgan fingerprint density at radius 3 is 2.31 bits per heavy atom. The van der Waals surface area contributed by atoms with Gasteiger partial charge in [-0.25, -0.2) is 14.8 Å². The van der Waals surface area contributed by atoms with E-state index in [1.54, 1.807) is 12.1 Å². The molecular weight excluding hydrogens is 398 g/mol. The summed E-state index contributed by atoms with van der Waals surface area (Å²) in [4.78, 5) is 32.9. The number of aromatic nitrogens is 2. The van der Waals surface area contributed by atoms with Gasteiger partial charge in [0, 0.05) is 10.2 Å². The van der Waals surface area contributed by atoms with Crippen molar-refractivity contribution in [1.82, 2.24) is 15.3 Å². The van der Waals surface area contributed by atoms with Crippen LogP contribution in [0.1, 0.15) is 25.7 Å². The molecule has 1 aromatic heterocycles. The topological polar surface area (TPSA) is 96.0 Å². The van der Waals surface area contributed by atoms with Crippen LogP contribution in [0.4, 0.5) is 16.2 Å². The molecule has 3 N–H and O–H groups in total. The largest absolute Gasteiger partial charge is 0.326 e. The highest BCUT2D eigenvalue weighted by Gasteiger charge is 2.32. The number of hydrogen-bond donors (Lipinski definition) is 3. The molecule has 0 aliphatic heterocycles. The van der Waals surface area contributed by atoms with Gasteiger partial charge < -0.3 is 16.0 Å². The Bertz CT molecular complexity index is 748. The molecule has 1 aliphatic carbocycles. The summed E-state index contributed by atoms with van der Waals surface area (Å²) in [5, 5.41) is 8.38. The number of hydrogen-bond acceptors (Lipinski definition) is 4. The van der Waals surface area contributed by atoms with Crippen LogP contribution in [0.3, 0.4) is 0 Å². The zero-order valence-corrected chi connectivity index (χ0v) is 15.7. The second-order valence-electron chi connectivity index (χ2n) is 6.24. The van der Waals surface area contributed by atoms with Crippen LogP contribution in [-0.4, -0.2) is 27.9 Å². The summed E-state index contributed by atoms with van der Waals surface area (Å²) in [5.74, 6) is -0.132. The van der Waals surface area contributed by atoms with Gasteiger partial charge in [-0.15, -0.1) is 0 Å². The second-order valence-corrected chi connectivity index (χ2v) is 7.16. The molecule has 8 heteroatoms. The van der Waals surface area contributed by atoms with Gasteiger partial charge in [-0.05, 0) is 43.0 Å². The average Bonchev–Trinajstić information content (AvgIpc) is 3.17. The summed E-state index contributed by atoms with van der Waals surface area (Å²) >= 11 is 3.36. The molecule has 0 saturated heterocycles. The third kappa shape index (κ3) is 5.01. The molecule has 26 heavy (non-hydrogen) atoms. The number of halogens is 1. The van der Waals surface area contributed by atoms with Crippen molar-refractivity contribution in [2.45, 2.75) is 31.7 Å². The maximum Gasteiger partial charge on any atom is 0.319 e. The van der Waals surface area contributed by atoms with Gasteiger partial charge in [0.25, 0.3) is 0 Å². The molecule has 1 unspecified atom stereocenters. The lowest BCUT2D eigenvalue weighted by molar-refractivity contribution is -0.119. The van der Waals surface area contributed by atoms with Gasteiger partial charge in [0.1, 0.15) is 12.4 Å². The Balaban J connectivity index is 1.66. The Kier molecular flexibility index (Phi) is 6.17. The molecule has 1 aliphatic rings. The van der Waals surface area contributed by atoms with Crippen molar-refractivity contribution in [3.05, 3.63) is 47.5 Å². The lowest BCUT2D eigenvalue weighted by atomic mass is 9.97. The van der Waals surface area contributed by atoms with Crippen LogP contribution in [0.2, 0.25) is 0 Å². The van der Waals surface area contributed by atoms with E-state index >= 15 is 0 Å². The molecule has 0 radical (unpaired) electrons. The lowest BCUT2D eigenvalue weighted by Crippen LogP contribution is -2.49. The van der Waals surface area contributed by atoms with Gasteiger partial charge in [0.05, 0.1) is 18.1 Å². The highest BCUT2D eigenvalue weighted by molar-refractivity contribution is 9.10. The van der Waals surface area contributed by atoms with Crippen molar-refractivity contribution < 1.29 is 9.59 Å². The lowest BCUT2D eigenvalue weighted by Gasteiger charge is -2.24. The maximum atomic E-state index is 12.7. The highest BCUT2D eigenvalue weighted by Crippen LogP contribution is 2.28. The Labute approximate surface area is 160 Å². The molecule has 1 aromatic carbocycles. The van der Waals surface area contributed by atoms with Crippen LogP contribution in [0, 0.1) is 5.92 Å². The summed E-state index contributed by atoms with van der Waals surface area (Å²) < 4.78 is 0.928. The number of benzene rings is 1. The number of rotatable bonds is 5. The molecule has 1 atom stereocenters.